The molecule has 0 aliphatic heterocycles. The molecule has 0 radical (unpaired) electrons. The summed E-state index contributed by atoms with van der Waals surface area (Å²) >= 11 is 0. The summed E-state index contributed by atoms with van der Waals surface area (Å²) in [7, 11) is 0. The van der Waals surface area contributed by atoms with Crippen LogP contribution in [0.2, 0.25) is 0 Å². The van der Waals surface area contributed by atoms with Crippen LogP contribution in [0.15, 0.2) is 18.2 Å². The Kier molecular flexibility index (Phi) is 6.86. The number of halogens is 1. The Balaban J connectivity index is 3.17. The van der Waals surface area contributed by atoms with Crippen molar-refractivity contribution in [3.8, 4) is 11.8 Å². The van der Waals surface area contributed by atoms with Gasteiger partial charge in [-0.3, -0.25) is 4.79 Å². The molecule has 0 unspecified atom stereocenters. The average molecular weight is 293 g/mol. The van der Waals surface area contributed by atoms with Gasteiger partial charge in [-0.25, -0.2) is 4.39 Å². The number of nitrogens with zero attached hydrogens (tertiary/aromatic N) is 1. The van der Waals surface area contributed by atoms with Crippen LogP contribution in [0.4, 0.5) is 4.39 Å². The van der Waals surface area contributed by atoms with Crippen LogP contribution in [0.1, 0.15) is 36.2 Å². The molecule has 114 valence electrons. The molecule has 0 atom stereocenters. The summed E-state index contributed by atoms with van der Waals surface area (Å²) < 4.78 is 13.4. The van der Waals surface area contributed by atoms with Crippen molar-refractivity contribution in [1.82, 2.24) is 4.90 Å². The topological polar surface area (TPSA) is 60.8 Å². The molecular formula is C16H20FNO3. The summed E-state index contributed by atoms with van der Waals surface area (Å²) in [5.41, 5.74) is 0.584. The lowest BCUT2D eigenvalue weighted by Crippen LogP contribution is -2.39. The Morgan fingerprint density at radius 1 is 1.33 bits per heavy atom. The van der Waals surface area contributed by atoms with E-state index in [2.05, 4.69) is 11.8 Å². The number of benzene rings is 1. The molecule has 0 aromatic heterocycles. The van der Waals surface area contributed by atoms with Gasteiger partial charge in [0.1, 0.15) is 5.82 Å². The van der Waals surface area contributed by atoms with E-state index in [1.54, 1.807) is 0 Å². The number of hydrogen-bond donors (Lipinski definition) is 2. The van der Waals surface area contributed by atoms with Gasteiger partial charge >= 0.3 is 0 Å². The third kappa shape index (κ3) is 4.85. The molecule has 21 heavy (non-hydrogen) atoms. The zero-order chi connectivity index (χ0) is 15.8. The predicted molar refractivity (Wildman–Crippen MR) is 78.2 cm³/mol. The quantitative estimate of drug-likeness (QED) is 0.807. The van der Waals surface area contributed by atoms with Crippen LogP contribution in [0.25, 0.3) is 0 Å². The normalized spacial score (nSPS) is 10.2. The number of aliphatic hydroxyl groups is 2. The van der Waals surface area contributed by atoms with Crippen LogP contribution in [-0.4, -0.2) is 46.8 Å². The number of aliphatic hydroxyl groups excluding tert-OH is 2. The van der Waals surface area contributed by atoms with Crippen molar-refractivity contribution >= 4 is 5.91 Å². The van der Waals surface area contributed by atoms with Crippen molar-refractivity contribution in [2.75, 3.05) is 19.8 Å². The van der Waals surface area contributed by atoms with Crippen LogP contribution >= 0.6 is 0 Å². The molecule has 1 amide bonds. The number of carbonyl (C=O) groups is 1. The van der Waals surface area contributed by atoms with Gasteiger partial charge in [-0.05, 0) is 32.0 Å². The zero-order valence-corrected chi connectivity index (χ0v) is 12.3. The second kappa shape index (κ2) is 8.40. The summed E-state index contributed by atoms with van der Waals surface area (Å²) in [4.78, 5) is 14.0. The monoisotopic (exact) mass is 293 g/mol. The Bertz CT molecular complexity index is 546. The molecule has 0 heterocycles. The van der Waals surface area contributed by atoms with E-state index in [4.69, 9.17) is 10.2 Å². The van der Waals surface area contributed by atoms with E-state index in [9.17, 15) is 9.18 Å². The van der Waals surface area contributed by atoms with Crippen LogP contribution in [0, 0.1) is 17.7 Å². The van der Waals surface area contributed by atoms with Crippen molar-refractivity contribution < 1.29 is 19.4 Å². The Morgan fingerprint density at radius 2 is 2.05 bits per heavy atom. The standard InChI is InChI=1S/C16H20FNO3/c1-12(2)18(8-10-20)16(21)15-11-14(17)7-6-13(15)5-3-4-9-19/h6-7,11-12,19-20H,4,8-10H2,1-2H3. The molecule has 0 saturated carbocycles. The molecule has 0 spiro atoms. The van der Waals surface area contributed by atoms with Gasteiger partial charge in [-0.2, -0.15) is 0 Å². The highest BCUT2D eigenvalue weighted by Crippen LogP contribution is 2.15. The highest BCUT2D eigenvalue weighted by molar-refractivity contribution is 5.97. The van der Waals surface area contributed by atoms with Crippen molar-refractivity contribution in [2.24, 2.45) is 0 Å². The smallest absolute Gasteiger partial charge is 0.255 e. The summed E-state index contributed by atoms with van der Waals surface area (Å²) in [6, 6.07) is 3.72. The molecular weight excluding hydrogens is 273 g/mol. The van der Waals surface area contributed by atoms with Crippen LogP contribution in [-0.2, 0) is 0 Å². The first-order valence-electron chi connectivity index (χ1n) is 6.82. The van der Waals surface area contributed by atoms with Crippen molar-refractivity contribution in [1.29, 1.82) is 0 Å². The highest BCUT2D eigenvalue weighted by atomic mass is 19.1. The average Bonchev–Trinajstić information content (AvgIpc) is 2.45. The number of rotatable bonds is 5. The Morgan fingerprint density at radius 3 is 2.62 bits per heavy atom. The van der Waals surface area contributed by atoms with Gasteiger partial charge in [0.15, 0.2) is 0 Å². The first-order chi connectivity index (χ1) is 10.0. The van der Waals surface area contributed by atoms with E-state index in [1.165, 1.54) is 17.0 Å². The van der Waals surface area contributed by atoms with E-state index in [0.29, 0.717) is 5.56 Å². The molecule has 0 aliphatic carbocycles. The first-order valence-corrected chi connectivity index (χ1v) is 6.82. The fourth-order valence-corrected chi connectivity index (χ4v) is 1.87. The van der Waals surface area contributed by atoms with Gasteiger partial charge in [0.2, 0.25) is 0 Å². The van der Waals surface area contributed by atoms with Crippen LogP contribution < -0.4 is 0 Å². The minimum absolute atomic E-state index is 0.0693. The third-order valence-corrected chi connectivity index (χ3v) is 2.90. The van der Waals surface area contributed by atoms with Crippen molar-refractivity contribution in [3.63, 3.8) is 0 Å². The molecule has 1 rings (SSSR count). The van der Waals surface area contributed by atoms with Crippen LogP contribution in [0.3, 0.4) is 0 Å². The summed E-state index contributed by atoms with van der Waals surface area (Å²) in [5.74, 6) is 4.61. The fourth-order valence-electron chi connectivity index (χ4n) is 1.87. The second-order valence-electron chi connectivity index (χ2n) is 4.78. The minimum atomic E-state index is -0.515. The van der Waals surface area contributed by atoms with Gasteiger partial charge in [-0.15, -0.1) is 0 Å². The lowest BCUT2D eigenvalue weighted by molar-refractivity contribution is 0.0664. The lowest BCUT2D eigenvalue weighted by Gasteiger charge is -2.26. The highest BCUT2D eigenvalue weighted by Gasteiger charge is 2.21. The van der Waals surface area contributed by atoms with E-state index >= 15 is 0 Å². The minimum Gasteiger partial charge on any atom is -0.395 e. The van der Waals surface area contributed by atoms with E-state index < -0.39 is 5.82 Å². The largest absolute Gasteiger partial charge is 0.395 e. The molecule has 0 fully saturated rings. The van der Waals surface area contributed by atoms with Crippen molar-refractivity contribution in [2.45, 2.75) is 26.3 Å². The zero-order valence-electron chi connectivity index (χ0n) is 12.3. The third-order valence-electron chi connectivity index (χ3n) is 2.90. The predicted octanol–water partition coefficient (Wildman–Crippen LogP) is 1.40. The number of amides is 1. The molecule has 1 aromatic carbocycles. The lowest BCUT2D eigenvalue weighted by atomic mass is 10.1. The molecule has 1 aromatic rings. The number of carbonyl (C=O) groups excluding carboxylic acids is 1. The van der Waals surface area contributed by atoms with E-state index in [0.717, 1.165) is 6.07 Å². The Hall–Kier alpha value is -1.90. The van der Waals surface area contributed by atoms with Gasteiger partial charge < -0.3 is 15.1 Å². The van der Waals surface area contributed by atoms with E-state index in [-0.39, 0.29) is 43.7 Å². The molecule has 2 N–H and O–H groups in total. The molecule has 0 aliphatic rings. The molecule has 0 saturated heterocycles. The summed E-state index contributed by atoms with van der Waals surface area (Å²) in [6.07, 6.45) is 0.287. The summed E-state index contributed by atoms with van der Waals surface area (Å²) in [5, 5.41) is 17.8. The van der Waals surface area contributed by atoms with Gasteiger partial charge in [0.05, 0.1) is 18.8 Å². The molecule has 4 nitrogen and oxygen atoms in total. The number of hydrogen-bond acceptors (Lipinski definition) is 3. The van der Waals surface area contributed by atoms with Gasteiger partial charge in [-0.1, -0.05) is 11.8 Å². The van der Waals surface area contributed by atoms with Gasteiger partial charge in [0.25, 0.3) is 5.91 Å². The first kappa shape index (κ1) is 17.2. The molecule has 5 heteroatoms. The maximum Gasteiger partial charge on any atom is 0.255 e. The van der Waals surface area contributed by atoms with E-state index in [1.807, 2.05) is 13.8 Å². The Labute approximate surface area is 124 Å². The summed E-state index contributed by atoms with van der Waals surface area (Å²) in [6.45, 7) is 3.59. The maximum absolute atomic E-state index is 13.4. The SMILES string of the molecule is CC(C)N(CCO)C(=O)c1cc(F)ccc1C#CCCO. The van der Waals surface area contributed by atoms with Crippen molar-refractivity contribution in [3.05, 3.63) is 35.1 Å². The second-order valence-corrected chi connectivity index (χ2v) is 4.78. The molecule has 0 bridgehead atoms. The fraction of sp³-hybridized carbons (Fsp3) is 0.438. The van der Waals surface area contributed by atoms with Crippen LogP contribution in [0.5, 0.6) is 0 Å². The van der Waals surface area contributed by atoms with Gasteiger partial charge in [0, 0.05) is 24.6 Å². The maximum atomic E-state index is 13.4.